The maximum atomic E-state index is 13.7. The maximum absolute atomic E-state index is 13.7. The maximum Gasteiger partial charge on any atom is 0.240 e. The molecule has 216 valence electrons. The highest BCUT2D eigenvalue weighted by Gasteiger charge is 2.51. The predicted molar refractivity (Wildman–Crippen MR) is 159 cm³/mol. The number of fused-ring (bicyclic) bond motifs is 2. The number of nitrogens with zero attached hydrogens (tertiary/aromatic N) is 4. The predicted octanol–water partition coefficient (Wildman–Crippen LogP) is 3.40. The summed E-state index contributed by atoms with van der Waals surface area (Å²) in [5.74, 6) is -0.210. The molecule has 0 radical (unpaired) electrons. The number of carbonyl (C=O) groups excluding carboxylic acids is 3. The molecular weight excluding hydrogens is 516 g/mol. The summed E-state index contributed by atoms with van der Waals surface area (Å²) in [4.78, 5) is 41.6. The van der Waals surface area contributed by atoms with Crippen molar-refractivity contribution in [2.24, 2.45) is 0 Å². The van der Waals surface area contributed by atoms with Gasteiger partial charge in [-0.15, -0.1) is 0 Å². The Hall–Kier alpha value is -3.59. The molecule has 3 aromatic rings. The Morgan fingerprint density at radius 3 is 2.41 bits per heavy atom. The molecule has 0 bridgehead atoms. The van der Waals surface area contributed by atoms with E-state index >= 15 is 0 Å². The average molecular weight is 557 g/mol. The van der Waals surface area contributed by atoms with Crippen LogP contribution in [-0.4, -0.2) is 86.5 Å². The highest BCUT2D eigenvalue weighted by atomic mass is 16.3. The Morgan fingerprint density at radius 2 is 1.73 bits per heavy atom. The summed E-state index contributed by atoms with van der Waals surface area (Å²) in [6.07, 6.45) is 0.464. The van der Waals surface area contributed by atoms with Crippen LogP contribution in [0.25, 0.3) is 10.8 Å². The quantitative estimate of drug-likeness (QED) is 0.429. The highest BCUT2D eigenvalue weighted by molar-refractivity contribution is 5.85. The molecule has 8 nitrogen and oxygen atoms in total. The molecule has 2 amide bonds. The number of aliphatic hydroxyl groups excluding tert-OH is 1. The minimum absolute atomic E-state index is 0.0837. The molecule has 3 aromatic carbocycles. The Bertz CT molecular complexity index is 1400. The van der Waals surface area contributed by atoms with Crippen molar-refractivity contribution in [1.29, 1.82) is 0 Å². The fraction of sp³-hybridized carbons (Fsp3) is 0.424. The SMILES string of the molecule is CC(=O)N(C(C)C)N1CC(=O)N2[C@@H](Cc3ccc(CC=O)cc3)C(O)C(C)N(Cc3cccc4ccccc34)C[C@@H]21. The van der Waals surface area contributed by atoms with E-state index in [1.54, 1.807) is 5.01 Å². The van der Waals surface area contributed by atoms with Gasteiger partial charge in [-0.05, 0) is 54.7 Å². The molecule has 2 fully saturated rings. The molecule has 0 aliphatic carbocycles. The van der Waals surface area contributed by atoms with Gasteiger partial charge in [0.15, 0.2) is 0 Å². The fourth-order valence-electron chi connectivity index (χ4n) is 6.59. The van der Waals surface area contributed by atoms with E-state index in [9.17, 15) is 19.5 Å². The van der Waals surface area contributed by atoms with Crippen LogP contribution in [0.4, 0.5) is 0 Å². The highest BCUT2D eigenvalue weighted by Crippen LogP contribution is 2.33. The van der Waals surface area contributed by atoms with Gasteiger partial charge in [-0.2, -0.15) is 5.01 Å². The second kappa shape index (κ2) is 12.1. The lowest BCUT2D eigenvalue weighted by Gasteiger charge is -2.41. The van der Waals surface area contributed by atoms with Gasteiger partial charge in [0.1, 0.15) is 12.5 Å². The van der Waals surface area contributed by atoms with Crippen LogP contribution in [0.5, 0.6) is 0 Å². The molecule has 2 aliphatic rings. The summed E-state index contributed by atoms with van der Waals surface area (Å²) in [6, 6.07) is 21.5. The summed E-state index contributed by atoms with van der Waals surface area (Å²) >= 11 is 0. The summed E-state index contributed by atoms with van der Waals surface area (Å²) in [6.45, 7) is 8.63. The number of carbonyl (C=O) groups is 3. The average Bonchev–Trinajstić information content (AvgIpc) is 3.20. The Morgan fingerprint density at radius 1 is 1.05 bits per heavy atom. The van der Waals surface area contributed by atoms with Crippen LogP contribution < -0.4 is 0 Å². The van der Waals surface area contributed by atoms with Crippen molar-refractivity contribution in [1.82, 2.24) is 19.8 Å². The number of hydrogen-bond donors (Lipinski definition) is 1. The molecule has 2 aliphatic heterocycles. The van der Waals surface area contributed by atoms with E-state index in [1.807, 2.05) is 67.1 Å². The lowest BCUT2D eigenvalue weighted by atomic mass is 9.94. The van der Waals surface area contributed by atoms with E-state index in [0.29, 0.717) is 25.9 Å². The van der Waals surface area contributed by atoms with E-state index in [4.69, 9.17) is 0 Å². The number of amides is 2. The third kappa shape index (κ3) is 5.77. The molecule has 0 spiro atoms. The van der Waals surface area contributed by atoms with Gasteiger partial charge in [-0.1, -0.05) is 66.7 Å². The van der Waals surface area contributed by atoms with E-state index in [0.717, 1.165) is 33.7 Å². The van der Waals surface area contributed by atoms with Gasteiger partial charge in [0, 0.05) is 38.5 Å². The number of hydrogen-bond acceptors (Lipinski definition) is 6. The number of benzene rings is 3. The van der Waals surface area contributed by atoms with Gasteiger partial charge >= 0.3 is 0 Å². The first kappa shape index (κ1) is 28.9. The first-order chi connectivity index (χ1) is 19.7. The zero-order valence-electron chi connectivity index (χ0n) is 24.3. The number of rotatable bonds is 8. The van der Waals surface area contributed by atoms with Crippen molar-refractivity contribution < 1.29 is 19.5 Å². The first-order valence-electron chi connectivity index (χ1n) is 14.5. The molecule has 5 rings (SSSR count). The Kier molecular flexibility index (Phi) is 8.54. The zero-order valence-corrected chi connectivity index (χ0v) is 24.3. The molecule has 41 heavy (non-hydrogen) atoms. The van der Waals surface area contributed by atoms with Gasteiger partial charge < -0.3 is 14.8 Å². The molecular formula is C33H40N4O4. The molecule has 0 saturated carbocycles. The number of hydrazine groups is 1. The van der Waals surface area contributed by atoms with Crippen molar-refractivity contribution in [2.45, 2.75) is 77.5 Å². The van der Waals surface area contributed by atoms with E-state index in [-0.39, 0.29) is 30.4 Å². The summed E-state index contributed by atoms with van der Waals surface area (Å²) in [7, 11) is 0. The third-order valence-electron chi connectivity index (χ3n) is 8.60. The lowest BCUT2D eigenvalue weighted by molar-refractivity contribution is -0.158. The minimum Gasteiger partial charge on any atom is -0.389 e. The van der Waals surface area contributed by atoms with Gasteiger partial charge in [0.25, 0.3) is 0 Å². The zero-order chi connectivity index (χ0) is 29.3. The second-order valence-corrected chi connectivity index (χ2v) is 11.6. The standard InChI is InChI=1S/C33H40N4O4/c1-22(2)37(24(4)39)35-21-32(40)36-30(18-26-14-12-25(13-15-26)16-17-38)33(41)23(3)34(20-31(35)36)19-28-10-7-9-27-8-5-6-11-29(27)28/h5-15,17,22-23,30-31,33,41H,16,18-21H2,1-4H3/t23?,30-,31+,33?/m0/s1. The van der Waals surface area contributed by atoms with Gasteiger partial charge in [0.05, 0.1) is 18.7 Å². The topological polar surface area (TPSA) is 84.4 Å². The number of aliphatic hydroxyl groups is 1. The third-order valence-corrected chi connectivity index (χ3v) is 8.60. The van der Waals surface area contributed by atoms with Gasteiger partial charge in [-0.3, -0.25) is 19.5 Å². The van der Waals surface area contributed by atoms with E-state index < -0.39 is 18.3 Å². The molecule has 4 atom stereocenters. The van der Waals surface area contributed by atoms with Crippen molar-refractivity contribution in [3.63, 3.8) is 0 Å². The second-order valence-electron chi connectivity index (χ2n) is 11.6. The van der Waals surface area contributed by atoms with Crippen LogP contribution in [0.3, 0.4) is 0 Å². The van der Waals surface area contributed by atoms with Gasteiger partial charge in [-0.25, -0.2) is 0 Å². The van der Waals surface area contributed by atoms with Crippen LogP contribution in [0.2, 0.25) is 0 Å². The van der Waals surface area contributed by atoms with Crippen molar-refractivity contribution >= 4 is 28.9 Å². The molecule has 2 heterocycles. The number of aldehydes is 1. The van der Waals surface area contributed by atoms with Crippen LogP contribution in [0, 0.1) is 0 Å². The smallest absolute Gasteiger partial charge is 0.240 e. The van der Waals surface area contributed by atoms with Crippen LogP contribution in [0.1, 0.15) is 44.4 Å². The summed E-state index contributed by atoms with van der Waals surface area (Å²) < 4.78 is 0. The van der Waals surface area contributed by atoms with Crippen LogP contribution >= 0.6 is 0 Å². The van der Waals surface area contributed by atoms with Crippen molar-refractivity contribution in [2.75, 3.05) is 13.1 Å². The molecule has 1 N–H and O–H groups in total. The lowest BCUT2D eigenvalue weighted by Crippen LogP contribution is -2.57. The Labute approximate surface area is 242 Å². The molecule has 2 unspecified atom stereocenters. The van der Waals surface area contributed by atoms with E-state index in [2.05, 4.69) is 35.2 Å². The van der Waals surface area contributed by atoms with Gasteiger partial charge in [0.2, 0.25) is 11.8 Å². The molecule has 0 aromatic heterocycles. The van der Waals surface area contributed by atoms with Crippen LogP contribution in [-0.2, 0) is 33.8 Å². The Balaban J connectivity index is 1.54. The molecule has 8 heteroatoms. The molecule has 2 saturated heterocycles. The first-order valence-corrected chi connectivity index (χ1v) is 14.5. The normalized spacial score (nSPS) is 23.6. The monoisotopic (exact) mass is 556 g/mol. The van der Waals surface area contributed by atoms with Crippen molar-refractivity contribution in [3.05, 3.63) is 83.4 Å². The fourth-order valence-corrected chi connectivity index (χ4v) is 6.59. The summed E-state index contributed by atoms with van der Waals surface area (Å²) in [5, 5.41) is 17.8. The largest absolute Gasteiger partial charge is 0.389 e. The van der Waals surface area contributed by atoms with Crippen molar-refractivity contribution in [3.8, 4) is 0 Å². The van der Waals surface area contributed by atoms with E-state index in [1.165, 1.54) is 6.92 Å². The summed E-state index contributed by atoms with van der Waals surface area (Å²) in [5.41, 5.74) is 3.06. The van der Waals surface area contributed by atoms with Crippen LogP contribution in [0.15, 0.2) is 66.7 Å². The minimum atomic E-state index is -0.821.